The molecule has 0 fully saturated rings. The fourth-order valence-corrected chi connectivity index (χ4v) is 1.43. The number of halogens is 4. The molecule has 0 unspecified atom stereocenters. The molecule has 0 N–H and O–H groups in total. The topological polar surface area (TPSA) is 35.5 Å². The van der Waals surface area contributed by atoms with Gasteiger partial charge in [-0.15, -0.1) is 0 Å². The largest absolute Gasteiger partial charge is 0.460 e. The molecule has 1 aromatic rings. The second-order valence-corrected chi connectivity index (χ2v) is 3.91. The average molecular weight is 294 g/mol. The molecule has 0 aliphatic rings. The van der Waals surface area contributed by atoms with Crippen LogP contribution in [0.1, 0.15) is 29.3 Å². The van der Waals surface area contributed by atoms with Crippen molar-refractivity contribution in [3.8, 4) is 0 Å². The van der Waals surface area contributed by atoms with Crippen molar-refractivity contribution in [2.45, 2.75) is 19.5 Å². The Hall–Kier alpha value is -1.63. The molecular weight excluding hydrogens is 280 g/mol. The third-order valence-electron chi connectivity index (χ3n) is 2.33. The minimum Gasteiger partial charge on any atom is -0.460 e. The number of ether oxygens (including phenoxy) is 2. The van der Waals surface area contributed by atoms with Crippen LogP contribution in [0.25, 0.3) is 0 Å². The van der Waals surface area contributed by atoms with E-state index >= 15 is 0 Å². The van der Waals surface area contributed by atoms with E-state index in [9.17, 15) is 22.4 Å². The van der Waals surface area contributed by atoms with Crippen LogP contribution < -0.4 is 0 Å². The maximum atomic E-state index is 13.6. The molecule has 20 heavy (non-hydrogen) atoms. The lowest BCUT2D eigenvalue weighted by Crippen LogP contribution is -2.16. The summed E-state index contributed by atoms with van der Waals surface area (Å²) >= 11 is 0. The number of esters is 1. The van der Waals surface area contributed by atoms with Gasteiger partial charge in [0.2, 0.25) is 0 Å². The number of hydrogen-bond donors (Lipinski definition) is 0. The van der Waals surface area contributed by atoms with Crippen LogP contribution in [0.2, 0.25) is 0 Å². The monoisotopic (exact) mass is 294 g/mol. The number of carbonyl (C=O) groups is 1. The van der Waals surface area contributed by atoms with Crippen LogP contribution in [0.3, 0.4) is 0 Å². The molecule has 1 aromatic carbocycles. The third-order valence-corrected chi connectivity index (χ3v) is 2.33. The minimum absolute atomic E-state index is 0.111. The maximum absolute atomic E-state index is 13.6. The molecule has 0 bridgehead atoms. The molecule has 0 atom stereocenters. The second kappa shape index (κ2) is 7.23. The maximum Gasteiger partial charge on any atom is 0.419 e. The van der Waals surface area contributed by atoms with E-state index in [-0.39, 0.29) is 13.2 Å². The highest BCUT2D eigenvalue weighted by atomic mass is 19.4. The first kappa shape index (κ1) is 16.4. The van der Waals surface area contributed by atoms with Gasteiger partial charge in [-0.2, -0.15) is 13.2 Å². The zero-order valence-corrected chi connectivity index (χ0v) is 10.8. The van der Waals surface area contributed by atoms with Crippen molar-refractivity contribution in [2.75, 3.05) is 19.8 Å². The predicted octanol–water partition coefficient (Wildman–Crippen LogP) is 3.43. The Kier molecular flexibility index (Phi) is 5.94. The molecular formula is C13H14F4O3. The van der Waals surface area contributed by atoms with E-state index in [2.05, 4.69) is 4.74 Å². The van der Waals surface area contributed by atoms with Gasteiger partial charge in [0.15, 0.2) is 0 Å². The minimum atomic E-state index is -4.86. The summed E-state index contributed by atoms with van der Waals surface area (Å²) in [6, 6.07) is 2.46. The van der Waals surface area contributed by atoms with E-state index in [1.165, 1.54) is 0 Å². The Morgan fingerprint density at radius 3 is 2.50 bits per heavy atom. The van der Waals surface area contributed by atoms with E-state index in [4.69, 9.17) is 4.74 Å². The zero-order valence-electron chi connectivity index (χ0n) is 10.8. The fourth-order valence-electron chi connectivity index (χ4n) is 1.43. The molecule has 0 saturated heterocycles. The predicted molar refractivity (Wildman–Crippen MR) is 62.8 cm³/mol. The van der Waals surface area contributed by atoms with Crippen molar-refractivity contribution < 1.29 is 31.8 Å². The van der Waals surface area contributed by atoms with Gasteiger partial charge in [0.1, 0.15) is 12.4 Å². The molecule has 112 valence electrons. The van der Waals surface area contributed by atoms with Gasteiger partial charge in [-0.25, -0.2) is 9.18 Å². The highest BCUT2D eigenvalue weighted by Crippen LogP contribution is 2.32. The smallest absolute Gasteiger partial charge is 0.419 e. The van der Waals surface area contributed by atoms with E-state index in [1.807, 2.05) is 6.92 Å². The first-order chi connectivity index (χ1) is 9.38. The first-order valence-electron chi connectivity index (χ1n) is 5.98. The Morgan fingerprint density at radius 1 is 1.20 bits per heavy atom. The summed E-state index contributed by atoms with van der Waals surface area (Å²) in [6.45, 7) is 2.34. The molecule has 1 rings (SSSR count). The first-order valence-corrected chi connectivity index (χ1v) is 5.98. The van der Waals surface area contributed by atoms with Gasteiger partial charge in [-0.3, -0.25) is 0 Å². The lowest BCUT2D eigenvalue weighted by Gasteiger charge is -2.11. The van der Waals surface area contributed by atoms with Gasteiger partial charge in [0.25, 0.3) is 0 Å². The van der Waals surface area contributed by atoms with Crippen LogP contribution in [0, 0.1) is 5.82 Å². The van der Waals surface area contributed by atoms with Crippen molar-refractivity contribution in [1.29, 1.82) is 0 Å². The van der Waals surface area contributed by atoms with Crippen molar-refractivity contribution in [2.24, 2.45) is 0 Å². The molecule has 0 amide bonds. The van der Waals surface area contributed by atoms with E-state index in [0.717, 1.165) is 18.6 Å². The molecule has 0 spiro atoms. The summed E-state index contributed by atoms with van der Waals surface area (Å²) in [5.74, 6) is -2.77. The van der Waals surface area contributed by atoms with Crippen LogP contribution in [0.15, 0.2) is 18.2 Å². The Bertz CT molecular complexity index is 457. The van der Waals surface area contributed by atoms with Crippen molar-refractivity contribution in [1.82, 2.24) is 0 Å². The van der Waals surface area contributed by atoms with Crippen LogP contribution in [0.5, 0.6) is 0 Å². The standard InChI is InChI=1S/C13H14F4O3/c1-2-6-19-7-8-20-12(18)9-4-3-5-10(11(9)14)13(15,16)17/h3-5H,2,6-8H2,1H3. The Balaban J connectivity index is 2.69. The number of rotatable bonds is 6. The van der Waals surface area contributed by atoms with Gasteiger partial charge in [0, 0.05) is 6.61 Å². The molecule has 7 heteroatoms. The highest BCUT2D eigenvalue weighted by molar-refractivity contribution is 5.90. The van der Waals surface area contributed by atoms with E-state index < -0.39 is 29.1 Å². The summed E-state index contributed by atoms with van der Waals surface area (Å²) in [5, 5.41) is 0. The third kappa shape index (κ3) is 4.48. The second-order valence-electron chi connectivity index (χ2n) is 3.91. The highest BCUT2D eigenvalue weighted by Gasteiger charge is 2.35. The van der Waals surface area contributed by atoms with Gasteiger partial charge < -0.3 is 9.47 Å². The zero-order chi connectivity index (χ0) is 15.2. The quantitative estimate of drug-likeness (QED) is 0.458. The fraction of sp³-hybridized carbons (Fsp3) is 0.462. The lowest BCUT2D eigenvalue weighted by atomic mass is 10.1. The molecule has 0 aliphatic carbocycles. The summed E-state index contributed by atoms with van der Waals surface area (Å²) in [4.78, 5) is 11.5. The van der Waals surface area contributed by atoms with Gasteiger partial charge in [-0.1, -0.05) is 13.0 Å². The van der Waals surface area contributed by atoms with Crippen LogP contribution in [0.4, 0.5) is 17.6 Å². The summed E-state index contributed by atoms with van der Waals surface area (Å²) in [6.07, 6.45) is -4.07. The molecule has 0 saturated carbocycles. The van der Waals surface area contributed by atoms with Gasteiger partial charge in [-0.05, 0) is 18.6 Å². The summed E-state index contributed by atoms with van der Waals surface area (Å²) < 4.78 is 60.7. The lowest BCUT2D eigenvalue weighted by molar-refractivity contribution is -0.140. The van der Waals surface area contributed by atoms with Crippen LogP contribution in [-0.4, -0.2) is 25.8 Å². The molecule has 0 heterocycles. The SMILES string of the molecule is CCCOCCOC(=O)c1cccc(C(F)(F)F)c1F. The molecule has 0 radical (unpaired) electrons. The van der Waals surface area contributed by atoms with Crippen LogP contribution >= 0.6 is 0 Å². The van der Waals surface area contributed by atoms with Crippen molar-refractivity contribution in [3.05, 3.63) is 35.1 Å². The van der Waals surface area contributed by atoms with Gasteiger partial charge in [0.05, 0.1) is 17.7 Å². The van der Waals surface area contributed by atoms with Crippen molar-refractivity contribution >= 4 is 5.97 Å². The average Bonchev–Trinajstić information content (AvgIpc) is 2.37. The van der Waals surface area contributed by atoms with E-state index in [1.54, 1.807) is 0 Å². The molecule has 0 aliphatic heterocycles. The van der Waals surface area contributed by atoms with Crippen LogP contribution in [-0.2, 0) is 15.7 Å². The van der Waals surface area contributed by atoms with E-state index in [0.29, 0.717) is 12.7 Å². The Morgan fingerprint density at radius 2 is 1.90 bits per heavy atom. The Labute approximate surface area is 113 Å². The number of hydrogen-bond acceptors (Lipinski definition) is 3. The summed E-state index contributed by atoms with van der Waals surface area (Å²) in [5.41, 5.74) is -2.23. The summed E-state index contributed by atoms with van der Waals surface area (Å²) in [7, 11) is 0. The van der Waals surface area contributed by atoms with Crippen molar-refractivity contribution in [3.63, 3.8) is 0 Å². The van der Waals surface area contributed by atoms with Gasteiger partial charge >= 0.3 is 12.1 Å². The molecule has 3 nitrogen and oxygen atoms in total. The number of carbonyl (C=O) groups excluding carboxylic acids is 1. The number of alkyl halides is 3. The molecule has 0 aromatic heterocycles. The number of benzene rings is 1. The normalized spacial score (nSPS) is 11.4.